The lowest BCUT2D eigenvalue weighted by molar-refractivity contribution is 0.0519. The normalized spacial score (nSPS) is 14.1. The standard InChI is InChI=1S/C24H18N2O2/c1-2-28-24(27)22-14-21-19-6-4-3-5-16(13-19)9-12-20(21)23(26-22)18-10-7-17(15-25)8-11-18/h3-12,14H,2,13H2,1H3. The average Bonchev–Trinajstić information content (AvgIpc) is 3.07. The molecule has 0 aliphatic heterocycles. The number of hydrogen-bond donors (Lipinski definition) is 0. The van der Waals surface area contributed by atoms with Crippen molar-refractivity contribution in [1.29, 1.82) is 5.26 Å². The monoisotopic (exact) mass is 366 g/mol. The van der Waals surface area contributed by atoms with Gasteiger partial charge in [0.1, 0.15) is 5.69 Å². The second-order valence-corrected chi connectivity index (χ2v) is 6.56. The first-order valence-corrected chi connectivity index (χ1v) is 9.17. The summed E-state index contributed by atoms with van der Waals surface area (Å²) in [5.41, 5.74) is 6.68. The van der Waals surface area contributed by atoms with Crippen LogP contribution in [0.2, 0.25) is 0 Å². The van der Waals surface area contributed by atoms with Crippen LogP contribution in [0.3, 0.4) is 0 Å². The zero-order valence-electron chi connectivity index (χ0n) is 15.5. The maximum Gasteiger partial charge on any atom is 0.356 e. The fourth-order valence-electron chi connectivity index (χ4n) is 3.40. The van der Waals surface area contributed by atoms with E-state index in [2.05, 4.69) is 35.4 Å². The van der Waals surface area contributed by atoms with Crippen molar-refractivity contribution in [3.8, 4) is 17.3 Å². The summed E-state index contributed by atoms with van der Waals surface area (Å²) in [6.07, 6.45) is 13.1. The van der Waals surface area contributed by atoms with Gasteiger partial charge in [0, 0.05) is 11.1 Å². The summed E-state index contributed by atoms with van der Waals surface area (Å²) >= 11 is 0. The molecule has 4 rings (SSSR count). The largest absolute Gasteiger partial charge is 0.461 e. The molecule has 1 aromatic heterocycles. The van der Waals surface area contributed by atoms with Gasteiger partial charge < -0.3 is 4.74 Å². The van der Waals surface area contributed by atoms with Gasteiger partial charge in [-0.3, -0.25) is 0 Å². The highest BCUT2D eigenvalue weighted by Gasteiger charge is 2.21. The number of nitriles is 1. The summed E-state index contributed by atoms with van der Waals surface area (Å²) in [4.78, 5) is 17.1. The fraction of sp³-hybridized carbons (Fsp3) is 0.125. The van der Waals surface area contributed by atoms with Crippen LogP contribution in [-0.2, 0) is 4.74 Å². The SMILES string of the molecule is CCOC(=O)c1cc2c(c(-c3ccc(C#N)cc3)n1)C=CC1=CC=CC=C2C1. The molecule has 2 bridgehead atoms. The van der Waals surface area contributed by atoms with Gasteiger partial charge in [-0.2, -0.15) is 5.26 Å². The van der Waals surface area contributed by atoms with E-state index in [1.165, 1.54) is 5.57 Å². The van der Waals surface area contributed by atoms with Crippen molar-refractivity contribution >= 4 is 17.6 Å². The number of benzene rings is 1. The molecular weight excluding hydrogens is 348 g/mol. The van der Waals surface area contributed by atoms with E-state index >= 15 is 0 Å². The molecule has 2 aliphatic rings. The van der Waals surface area contributed by atoms with Gasteiger partial charge in [0.2, 0.25) is 0 Å². The minimum atomic E-state index is -0.436. The molecule has 136 valence electrons. The molecule has 1 heterocycles. The average molecular weight is 366 g/mol. The quantitative estimate of drug-likeness (QED) is 0.710. The molecule has 0 fully saturated rings. The molecule has 28 heavy (non-hydrogen) atoms. The molecule has 0 saturated heterocycles. The minimum absolute atomic E-state index is 0.287. The van der Waals surface area contributed by atoms with E-state index < -0.39 is 5.97 Å². The molecule has 0 saturated carbocycles. The number of esters is 1. The maximum absolute atomic E-state index is 12.5. The summed E-state index contributed by atoms with van der Waals surface area (Å²) in [7, 11) is 0. The Kier molecular flexibility index (Phi) is 4.74. The van der Waals surface area contributed by atoms with Crippen molar-refractivity contribution in [2.24, 2.45) is 0 Å². The third-order valence-corrected chi connectivity index (χ3v) is 4.75. The van der Waals surface area contributed by atoms with Crippen LogP contribution in [0, 0.1) is 11.3 Å². The molecule has 1 aromatic carbocycles. The van der Waals surface area contributed by atoms with Gasteiger partial charge in [0.15, 0.2) is 0 Å². The molecule has 2 aliphatic carbocycles. The van der Waals surface area contributed by atoms with Crippen molar-refractivity contribution < 1.29 is 9.53 Å². The number of aromatic nitrogens is 1. The van der Waals surface area contributed by atoms with Crippen LogP contribution in [0.15, 0.2) is 66.3 Å². The lowest BCUT2D eigenvalue weighted by Gasteiger charge is -2.15. The Labute approximate surface area is 163 Å². The van der Waals surface area contributed by atoms with E-state index in [1.54, 1.807) is 19.1 Å². The summed E-state index contributed by atoms with van der Waals surface area (Å²) in [5.74, 6) is -0.436. The van der Waals surface area contributed by atoms with Crippen LogP contribution >= 0.6 is 0 Å². The second kappa shape index (κ2) is 7.50. The Morgan fingerprint density at radius 3 is 2.71 bits per heavy atom. The van der Waals surface area contributed by atoms with Gasteiger partial charge in [-0.05, 0) is 48.3 Å². The van der Waals surface area contributed by atoms with Gasteiger partial charge in [-0.25, -0.2) is 9.78 Å². The number of nitrogens with zero attached hydrogens (tertiary/aromatic N) is 2. The smallest absolute Gasteiger partial charge is 0.356 e. The number of carbonyl (C=O) groups is 1. The van der Waals surface area contributed by atoms with E-state index in [9.17, 15) is 4.79 Å². The predicted molar refractivity (Wildman–Crippen MR) is 109 cm³/mol. The number of allylic oxidation sites excluding steroid dienone is 7. The van der Waals surface area contributed by atoms with Gasteiger partial charge in [-0.15, -0.1) is 0 Å². The fourth-order valence-corrected chi connectivity index (χ4v) is 3.40. The van der Waals surface area contributed by atoms with Gasteiger partial charge in [0.25, 0.3) is 0 Å². The van der Waals surface area contributed by atoms with Crippen LogP contribution in [0.1, 0.15) is 40.5 Å². The first kappa shape index (κ1) is 17.7. The van der Waals surface area contributed by atoms with E-state index in [4.69, 9.17) is 10.00 Å². The summed E-state index contributed by atoms with van der Waals surface area (Å²) in [6, 6.07) is 11.2. The summed E-state index contributed by atoms with van der Waals surface area (Å²) in [6.45, 7) is 2.07. The molecule has 0 spiro atoms. The molecule has 4 heteroatoms. The Bertz CT molecular complexity index is 1110. The first-order chi connectivity index (χ1) is 13.7. The highest BCUT2D eigenvalue weighted by molar-refractivity contribution is 5.93. The molecule has 2 aromatic rings. The molecule has 0 radical (unpaired) electrons. The third kappa shape index (κ3) is 3.30. The van der Waals surface area contributed by atoms with Crippen LogP contribution in [0.5, 0.6) is 0 Å². The highest BCUT2D eigenvalue weighted by atomic mass is 16.5. The van der Waals surface area contributed by atoms with Gasteiger partial charge in [0.05, 0.1) is 23.9 Å². The second-order valence-electron chi connectivity index (χ2n) is 6.56. The van der Waals surface area contributed by atoms with Crippen molar-refractivity contribution in [1.82, 2.24) is 4.98 Å². The van der Waals surface area contributed by atoms with Gasteiger partial charge >= 0.3 is 5.97 Å². The lowest BCUT2D eigenvalue weighted by Crippen LogP contribution is -2.10. The van der Waals surface area contributed by atoms with Crippen molar-refractivity contribution in [2.75, 3.05) is 6.61 Å². The number of hydrogen-bond acceptors (Lipinski definition) is 4. The zero-order valence-corrected chi connectivity index (χ0v) is 15.5. The van der Waals surface area contributed by atoms with Crippen molar-refractivity contribution in [3.05, 3.63) is 88.7 Å². The molecular formula is C24H18N2O2. The van der Waals surface area contributed by atoms with Crippen molar-refractivity contribution in [3.63, 3.8) is 0 Å². The van der Waals surface area contributed by atoms with Crippen LogP contribution in [0.4, 0.5) is 0 Å². The maximum atomic E-state index is 12.5. The van der Waals surface area contributed by atoms with E-state index in [-0.39, 0.29) is 5.69 Å². The highest BCUT2D eigenvalue weighted by Crippen LogP contribution is 2.37. The van der Waals surface area contributed by atoms with E-state index in [0.29, 0.717) is 17.9 Å². The zero-order chi connectivity index (χ0) is 19.5. The summed E-state index contributed by atoms with van der Waals surface area (Å²) in [5, 5.41) is 9.08. The number of carbonyl (C=O) groups excluding carboxylic acids is 1. The Hall–Kier alpha value is -3.71. The van der Waals surface area contributed by atoms with E-state index in [0.717, 1.165) is 28.7 Å². The first-order valence-electron chi connectivity index (χ1n) is 9.17. The Balaban J connectivity index is 1.96. The van der Waals surface area contributed by atoms with E-state index in [1.807, 2.05) is 30.4 Å². The van der Waals surface area contributed by atoms with Crippen LogP contribution < -0.4 is 0 Å². The Morgan fingerprint density at radius 1 is 1.18 bits per heavy atom. The number of fused-ring (bicyclic) bond motifs is 4. The van der Waals surface area contributed by atoms with Crippen molar-refractivity contribution in [2.45, 2.75) is 13.3 Å². The third-order valence-electron chi connectivity index (χ3n) is 4.75. The molecule has 0 amide bonds. The predicted octanol–water partition coefficient (Wildman–Crippen LogP) is 5.09. The molecule has 0 N–H and O–H groups in total. The molecule has 0 atom stereocenters. The lowest BCUT2D eigenvalue weighted by atomic mass is 9.93. The minimum Gasteiger partial charge on any atom is -0.461 e. The molecule has 0 unspecified atom stereocenters. The summed E-state index contributed by atoms with van der Waals surface area (Å²) < 4.78 is 5.20. The van der Waals surface area contributed by atoms with Gasteiger partial charge in [-0.1, -0.05) is 48.6 Å². The number of pyridine rings is 1. The van der Waals surface area contributed by atoms with Crippen LogP contribution in [0.25, 0.3) is 22.9 Å². The molecule has 4 nitrogen and oxygen atoms in total. The van der Waals surface area contributed by atoms with Crippen LogP contribution in [-0.4, -0.2) is 17.6 Å². The number of ether oxygens (including phenoxy) is 1. The Morgan fingerprint density at radius 2 is 1.96 bits per heavy atom. The topological polar surface area (TPSA) is 63.0 Å². The number of rotatable bonds is 3.